The molecule has 0 aliphatic carbocycles. The van der Waals surface area contributed by atoms with E-state index in [1.807, 2.05) is 0 Å². The number of ether oxygens (including phenoxy) is 1. The van der Waals surface area contributed by atoms with E-state index < -0.39 is 5.91 Å². The predicted molar refractivity (Wildman–Crippen MR) is 107 cm³/mol. The van der Waals surface area contributed by atoms with Gasteiger partial charge in [-0.2, -0.15) is 5.10 Å². The Morgan fingerprint density at radius 2 is 1.78 bits per heavy atom. The number of furan rings is 1. The lowest BCUT2D eigenvalue weighted by Crippen LogP contribution is -2.24. The van der Waals surface area contributed by atoms with Crippen LogP contribution in [0.15, 0.2) is 64.1 Å². The van der Waals surface area contributed by atoms with E-state index in [2.05, 4.69) is 10.5 Å². The molecule has 3 aromatic rings. The van der Waals surface area contributed by atoms with Crippen molar-refractivity contribution in [3.63, 3.8) is 0 Å². The van der Waals surface area contributed by atoms with Crippen LogP contribution < -0.4 is 10.2 Å². The average molecular weight is 424 g/mol. The topological polar surface area (TPSA) is 63.8 Å². The van der Waals surface area contributed by atoms with Gasteiger partial charge in [-0.1, -0.05) is 34.8 Å². The van der Waals surface area contributed by atoms with Crippen LogP contribution in [0.25, 0.3) is 11.3 Å². The van der Waals surface area contributed by atoms with Crippen molar-refractivity contribution < 1.29 is 13.9 Å². The van der Waals surface area contributed by atoms with E-state index in [9.17, 15) is 4.79 Å². The van der Waals surface area contributed by atoms with Crippen LogP contribution >= 0.6 is 34.8 Å². The Morgan fingerprint density at radius 3 is 2.52 bits per heavy atom. The first kappa shape index (κ1) is 19.3. The number of hydrazone groups is 1. The Kier molecular flexibility index (Phi) is 6.40. The number of benzene rings is 2. The number of hydrogen-bond acceptors (Lipinski definition) is 4. The molecule has 0 saturated carbocycles. The number of nitrogens with one attached hydrogen (secondary N) is 1. The molecule has 0 spiro atoms. The first-order valence-electron chi connectivity index (χ1n) is 7.77. The summed E-state index contributed by atoms with van der Waals surface area (Å²) in [7, 11) is 0. The van der Waals surface area contributed by atoms with Crippen LogP contribution in [0.5, 0.6) is 5.75 Å². The van der Waals surface area contributed by atoms with E-state index in [0.29, 0.717) is 37.9 Å². The number of amides is 1. The Labute approximate surface area is 170 Å². The van der Waals surface area contributed by atoms with Crippen molar-refractivity contribution in [2.45, 2.75) is 0 Å². The highest BCUT2D eigenvalue weighted by Gasteiger charge is 2.08. The van der Waals surface area contributed by atoms with Crippen LogP contribution in [-0.2, 0) is 4.79 Å². The van der Waals surface area contributed by atoms with Crippen molar-refractivity contribution in [3.05, 3.63) is 75.4 Å². The molecule has 138 valence electrons. The quantitative estimate of drug-likeness (QED) is 0.424. The summed E-state index contributed by atoms with van der Waals surface area (Å²) < 4.78 is 11.0. The maximum atomic E-state index is 11.7. The molecular formula is C19H13Cl3N2O3. The zero-order valence-corrected chi connectivity index (χ0v) is 16.1. The molecule has 3 rings (SSSR count). The number of carbonyl (C=O) groups is 1. The predicted octanol–water partition coefficient (Wildman–Crippen LogP) is 5.44. The molecule has 0 bridgehead atoms. The number of carbonyl (C=O) groups excluding carboxylic acids is 1. The minimum atomic E-state index is -0.409. The third-order valence-electron chi connectivity index (χ3n) is 3.39. The first-order valence-corrected chi connectivity index (χ1v) is 8.90. The summed E-state index contributed by atoms with van der Waals surface area (Å²) in [6, 6.07) is 15.3. The maximum absolute atomic E-state index is 11.7. The minimum absolute atomic E-state index is 0.178. The molecule has 27 heavy (non-hydrogen) atoms. The van der Waals surface area contributed by atoms with Crippen molar-refractivity contribution in [3.8, 4) is 17.1 Å². The number of halogens is 3. The van der Waals surface area contributed by atoms with Crippen LogP contribution in [0.2, 0.25) is 15.1 Å². The fourth-order valence-electron chi connectivity index (χ4n) is 2.14. The fourth-order valence-corrected chi connectivity index (χ4v) is 2.76. The summed E-state index contributed by atoms with van der Waals surface area (Å²) in [4.78, 5) is 11.7. The van der Waals surface area contributed by atoms with Crippen LogP contribution in [0.3, 0.4) is 0 Å². The number of nitrogens with zero attached hydrogens (tertiary/aromatic N) is 1. The van der Waals surface area contributed by atoms with Gasteiger partial charge in [-0.25, -0.2) is 5.43 Å². The molecule has 1 heterocycles. The summed E-state index contributed by atoms with van der Waals surface area (Å²) in [5.74, 6) is 1.15. The lowest BCUT2D eigenvalue weighted by Gasteiger charge is -2.04. The second-order valence-electron chi connectivity index (χ2n) is 5.36. The summed E-state index contributed by atoms with van der Waals surface area (Å²) in [5.41, 5.74) is 3.07. The molecule has 1 N–H and O–H groups in total. The van der Waals surface area contributed by atoms with Gasteiger partial charge in [0.05, 0.1) is 11.2 Å². The highest BCUT2D eigenvalue weighted by atomic mass is 35.5. The first-order chi connectivity index (χ1) is 13.0. The summed E-state index contributed by atoms with van der Waals surface area (Å²) >= 11 is 17.8. The summed E-state index contributed by atoms with van der Waals surface area (Å²) in [6.07, 6.45) is 1.38. The number of rotatable bonds is 6. The Balaban J connectivity index is 1.53. The van der Waals surface area contributed by atoms with Crippen LogP contribution in [0.1, 0.15) is 5.76 Å². The highest BCUT2D eigenvalue weighted by molar-refractivity contribution is 6.36. The monoisotopic (exact) mass is 422 g/mol. The molecule has 2 aromatic carbocycles. The lowest BCUT2D eigenvalue weighted by molar-refractivity contribution is -0.123. The zero-order chi connectivity index (χ0) is 19.2. The lowest BCUT2D eigenvalue weighted by atomic mass is 10.2. The molecule has 0 radical (unpaired) electrons. The van der Waals surface area contributed by atoms with Gasteiger partial charge in [0.25, 0.3) is 5.91 Å². The van der Waals surface area contributed by atoms with Gasteiger partial charge >= 0.3 is 0 Å². The van der Waals surface area contributed by atoms with E-state index >= 15 is 0 Å². The van der Waals surface area contributed by atoms with E-state index in [0.717, 1.165) is 0 Å². The molecule has 0 atom stereocenters. The van der Waals surface area contributed by atoms with Gasteiger partial charge in [0.15, 0.2) is 6.61 Å². The van der Waals surface area contributed by atoms with Gasteiger partial charge in [0.2, 0.25) is 0 Å². The molecule has 0 fully saturated rings. The van der Waals surface area contributed by atoms with Gasteiger partial charge in [0.1, 0.15) is 17.3 Å². The average Bonchev–Trinajstić information content (AvgIpc) is 3.10. The van der Waals surface area contributed by atoms with E-state index in [4.69, 9.17) is 44.0 Å². The molecule has 1 amide bonds. The van der Waals surface area contributed by atoms with Gasteiger partial charge < -0.3 is 9.15 Å². The SMILES string of the molecule is O=C(COc1ccc(Cl)cc1)NN=Cc1ccc(-c2ccc(Cl)cc2Cl)o1. The van der Waals surface area contributed by atoms with E-state index in [-0.39, 0.29) is 6.61 Å². The van der Waals surface area contributed by atoms with Gasteiger partial charge in [-0.15, -0.1) is 0 Å². The van der Waals surface area contributed by atoms with Gasteiger partial charge in [-0.05, 0) is 54.6 Å². The largest absolute Gasteiger partial charge is 0.484 e. The van der Waals surface area contributed by atoms with Crippen molar-refractivity contribution in [1.82, 2.24) is 5.43 Å². The van der Waals surface area contributed by atoms with Crippen LogP contribution in [-0.4, -0.2) is 18.7 Å². The minimum Gasteiger partial charge on any atom is -0.484 e. The molecule has 5 nitrogen and oxygen atoms in total. The molecule has 0 saturated heterocycles. The Bertz CT molecular complexity index is 969. The van der Waals surface area contributed by atoms with Crippen molar-refractivity contribution >= 4 is 46.9 Å². The molecule has 0 aliphatic rings. The highest BCUT2D eigenvalue weighted by Crippen LogP contribution is 2.31. The standard InChI is InChI=1S/C19H13Cl3N2O3/c20-12-1-4-14(5-2-12)26-11-19(25)24-23-10-15-6-8-18(27-15)16-7-3-13(21)9-17(16)22/h1-10H,11H2,(H,24,25). The Morgan fingerprint density at radius 1 is 1.04 bits per heavy atom. The molecule has 0 unspecified atom stereocenters. The second-order valence-corrected chi connectivity index (χ2v) is 6.64. The zero-order valence-electron chi connectivity index (χ0n) is 13.8. The fraction of sp³-hybridized carbons (Fsp3) is 0.0526. The molecular weight excluding hydrogens is 411 g/mol. The smallest absolute Gasteiger partial charge is 0.277 e. The third kappa shape index (κ3) is 5.50. The third-order valence-corrected chi connectivity index (χ3v) is 4.19. The van der Waals surface area contributed by atoms with Crippen molar-refractivity contribution in [2.24, 2.45) is 5.10 Å². The second kappa shape index (κ2) is 8.95. The van der Waals surface area contributed by atoms with E-state index in [1.54, 1.807) is 54.6 Å². The van der Waals surface area contributed by atoms with Gasteiger partial charge in [0, 0.05) is 15.6 Å². The molecule has 0 aliphatic heterocycles. The van der Waals surface area contributed by atoms with Crippen LogP contribution in [0.4, 0.5) is 0 Å². The van der Waals surface area contributed by atoms with Crippen molar-refractivity contribution in [1.29, 1.82) is 0 Å². The normalized spacial score (nSPS) is 10.9. The number of hydrogen-bond donors (Lipinski definition) is 1. The van der Waals surface area contributed by atoms with Crippen LogP contribution in [0, 0.1) is 0 Å². The summed E-state index contributed by atoms with van der Waals surface area (Å²) in [5, 5.41) is 5.45. The molecule has 8 heteroatoms. The maximum Gasteiger partial charge on any atom is 0.277 e. The summed E-state index contributed by atoms with van der Waals surface area (Å²) in [6.45, 7) is -0.178. The van der Waals surface area contributed by atoms with Gasteiger partial charge in [-0.3, -0.25) is 4.79 Å². The van der Waals surface area contributed by atoms with Crippen molar-refractivity contribution in [2.75, 3.05) is 6.61 Å². The molecule has 1 aromatic heterocycles. The van der Waals surface area contributed by atoms with E-state index in [1.165, 1.54) is 6.21 Å². The Hall–Kier alpha value is -2.47.